The first-order valence-corrected chi connectivity index (χ1v) is 8.89. The van der Waals surface area contributed by atoms with E-state index in [1.807, 2.05) is 12.1 Å². The number of hydrazine groups is 1. The standard InChI is InChI=1S/C19H29N3O3/c1-4-19(2,3)15-5-7-16(8-6-15)25-13-17(23)22-11-9-14(10-12-22)18(24)21-20/h5-8,14H,4,9-13,20H2,1-3H3,(H,21,24). The molecular formula is C19H29N3O3. The molecule has 1 fully saturated rings. The van der Waals surface area contributed by atoms with E-state index in [0.717, 1.165) is 6.42 Å². The van der Waals surface area contributed by atoms with Crippen molar-refractivity contribution in [2.24, 2.45) is 11.8 Å². The third-order valence-electron chi connectivity index (χ3n) is 5.24. The lowest BCUT2D eigenvalue weighted by Gasteiger charge is -2.31. The lowest BCUT2D eigenvalue weighted by molar-refractivity contribution is -0.137. The van der Waals surface area contributed by atoms with Gasteiger partial charge in [-0.1, -0.05) is 32.9 Å². The molecule has 0 bridgehead atoms. The van der Waals surface area contributed by atoms with E-state index in [1.54, 1.807) is 4.90 Å². The van der Waals surface area contributed by atoms with Crippen LogP contribution in [0.2, 0.25) is 0 Å². The van der Waals surface area contributed by atoms with Gasteiger partial charge in [0.05, 0.1) is 0 Å². The topological polar surface area (TPSA) is 84.7 Å². The van der Waals surface area contributed by atoms with E-state index >= 15 is 0 Å². The summed E-state index contributed by atoms with van der Waals surface area (Å²) in [6, 6.07) is 7.94. The number of hydrogen-bond donors (Lipinski definition) is 2. The normalized spacial score (nSPS) is 15.8. The van der Waals surface area contributed by atoms with Crippen LogP contribution in [0.3, 0.4) is 0 Å². The number of carbonyl (C=O) groups excluding carboxylic acids is 2. The quantitative estimate of drug-likeness (QED) is 0.468. The van der Waals surface area contributed by atoms with E-state index in [4.69, 9.17) is 10.6 Å². The van der Waals surface area contributed by atoms with Crippen molar-refractivity contribution in [1.29, 1.82) is 0 Å². The van der Waals surface area contributed by atoms with Gasteiger partial charge in [0.25, 0.3) is 5.91 Å². The Morgan fingerprint density at radius 3 is 2.36 bits per heavy atom. The maximum atomic E-state index is 12.3. The van der Waals surface area contributed by atoms with Crippen LogP contribution >= 0.6 is 0 Å². The van der Waals surface area contributed by atoms with Crippen molar-refractivity contribution in [3.8, 4) is 5.75 Å². The molecule has 0 atom stereocenters. The predicted molar refractivity (Wildman–Crippen MR) is 96.9 cm³/mol. The first-order chi connectivity index (χ1) is 11.9. The largest absolute Gasteiger partial charge is 0.484 e. The van der Waals surface area contributed by atoms with Crippen molar-refractivity contribution in [3.05, 3.63) is 29.8 Å². The Kier molecular flexibility index (Phi) is 6.42. The van der Waals surface area contributed by atoms with E-state index in [2.05, 4.69) is 38.3 Å². The molecule has 1 saturated heterocycles. The second kappa shape index (κ2) is 8.34. The predicted octanol–water partition coefficient (Wildman–Crippen LogP) is 1.98. The average molecular weight is 347 g/mol. The van der Waals surface area contributed by atoms with Crippen LogP contribution in [0.25, 0.3) is 0 Å². The summed E-state index contributed by atoms with van der Waals surface area (Å²) in [5.41, 5.74) is 3.57. The Labute approximate surface area is 149 Å². The van der Waals surface area contributed by atoms with Crippen molar-refractivity contribution in [2.45, 2.75) is 45.4 Å². The molecule has 6 heteroatoms. The summed E-state index contributed by atoms with van der Waals surface area (Å²) in [5.74, 6) is 5.54. The zero-order chi connectivity index (χ0) is 18.4. The van der Waals surface area contributed by atoms with Gasteiger partial charge in [-0.05, 0) is 42.4 Å². The van der Waals surface area contributed by atoms with Gasteiger partial charge in [-0.2, -0.15) is 0 Å². The lowest BCUT2D eigenvalue weighted by atomic mass is 9.82. The maximum absolute atomic E-state index is 12.3. The zero-order valence-corrected chi connectivity index (χ0v) is 15.4. The Morgan fingerprint density at radius 2 is 1.84 bits per heavy atom. The Hall–Kier alpha value is -2.08. The van der Waals surface area contributed by atoms with Crippen molar-refractivity contribution in [3.63, 3.8) is 0 Å². The molecule has 2 amide bonds. The van der Waals surface area contributed by atoms with Crippen LogP contribution in [0.5, 0.6) is 5.75 Å². The minimum Gasteiger partial charge on any atom is -0.484 e. The second-order valence-corrected chi connectivity index (χ2v) is 7.21. The Bertz CT molecular complexity index is 590. The highest BCUT2D eigenvalue weighted by atomic mass is 16.5. The van der Waals surface area contributed by atoms with Crippen molar-refractivity contribution < 1.29 is 14.3 Å². The number of nitrogens with one attached hydrogen (secondary N) is 1. The summed E-state index contributed by atoms with van der Waals surface area (Å²) < 4.78 is 5.63. The van der Waals surface area contributed by atoms with Gasteiger partial charge in [0.15, 0.2) is 6.61 Å². The molecule has 1 aliphatic rings. The summed E-state index contributed by atoms with van der Waals surface area (Å²) >= 11 is 0. The van der Waals surface area contributed by atoms with E-state index in [1.165, 1.54) is 5.56 Å². The summed E-state index contributed by atoms with van der Waals surface area (Å²) in [4.78, 5) is 25.5. The third kappa shape index (κ3) is 4.95. The number of nitrogens with two attached hydrogens (primary N) is 1. The number of ether oxygens (including phenoxy) is 1. The number of rotatable bonds is 6. The molecular weight excluding hydrogens is 318 g/mol. The molecule has 0 saturated carbocycles. The van der Waals surface area contributed by atoms with Gasteiger partial charge >= 0.3 is 0 Å². The van der Waals surface area contributed by atoms with Crippen LogP contribution in [0.4, 0.5) is 0 Å². The molecule has 0 spiro atoms. The fourth-order valence-electron chi connectivity index (χ4n) is 2.95. The molecule has 1 aromatic carbocycles. The number of piperidine rings is 1. The number of likely N-dealkylation sites (tertiary alicyclic amines) is 1. The smallest absolute Gasteiger partial charge is 0.260 e. The molecule has 1 aromatic rings. The molecule has 3 N–H and O–H groups in total. The van der Waals surface area contributed by atoms with Crippen LogP contribution < -0.4 is 16.0 Å². The molecule has 0 aromatic heterocycles. The van der Waals surface area contributed by atoms with Crippen LogP contribution in [-0.2, 0) is 15.0 Å². The van der Waals surface area contributed by atoms with Crippen LogP contribution in [0, 0.1) is 5.92 Å². The SMILES string of the molecule is CCC(C)(C)c1ccc(OCC(=O)N2CCC(C(=O)NN)CC2)cc1. The van der Waals surface area contributed by atoms with Crippen LogP contribution in [0.1, 0.15) is 45.6 Å². The molecule has 6 nitrogen and oxygen atoms in total. The summed E-state index contributed by atoms with van der Waals surface area (Å²) in [6.45, 7) is 7.73. The van der Waals surface area contributed by atoms with Gasteiger partial charge in [0.2, 0.25) is 5.91 Å². The van der Waals surface area contributed by atoms with Gasteiger partial charge in [0, 0.05) is 19.0 Å². The molecule has 0 aliphatic carbocycles. The minimum atomic E-state index is -0.154. The Morgan fingerprint density at radius 1 is 1.24 bits per heavy atom. The maximum Gasteiger partial charge on any atom is 0.260 e. The zero-order valence-electron chi connectivity index (χ0n) is 15.4. The highest BCUT2D eigenvalue weighted by Crippen LogP contribution is 2.28. The summed E-state index contributed by atoms with van der Waals surface area (Å²) in [5, 5.41) is 0. The number of hydrogen-bond acceptors (Lipinski definition) is 4. The summed E-state index contributed by atoms with van der Waals surface area (Å²) in [7, 11) is 0. The van der Waals surface area contributed by atoms with E-state index < -0.39 is 0 Å². The second-order valence-electron chi connectivity index (χ2n) is 7.21. The minimum absolute atomic E-state index is 0.0181. The molecule has 25 heavy (non-hydrogen) atoms. The molecule has 1 aliphatic heterocycles. The monoisotopic (exact) mass is 347 g/mol. The van der Waals surface area contributed by atoms with Crippen LogP contribution in [-0.4, -0.2) is 36.4 Å². The van der Waals surface area contributed by atoms with Crippen molar-refractivity contribution in [2.75, 3.05) is 19.7 Å². The molecule has 0 radical (unpaired) electrons. The number of amides is 2. The molecule has 138 valence electrons. The number of nitrogens with zero attached hydrogens (tertiary/aromatic N) is 1. The highest BCUT2D eigenvalue weighted by molar-refractivity contribution is 5.80. The number of benzene rings is 1. The molecule has 0 unspecified atom stereocenters. The third-order valence-corrected chi connectivity index (χ3v) is 5.24. The fraction of sp³-hybridized carbons (Fsp3) is 0.579. The molecule has 2 rings (SSSR count). The van der Waals surface area contributed by atoms with Gasteiger partial charge in [-0.3, -0.25) is 15.0 Å². The lowest BCUT2D eigenvalue weighted by Crippen LogP contribution is -2.45. The van der Waals surface area contributed by atoms with Crippen molar-refractivity contribution in [1.82, 2.24) is 10.3 Å². The first-order valence-electron chi connectivity index (χ1n) is 8.89. The van der Waals surface area contributed by atoms with E-state index in [-0.39, 0.29) is 29.8 Å². The van der Waals surface area contributed by atoms with Gasteiger partial charge in [-0.25, -0.2) is 5.84 Å². The van der Waals surface area contributed by atoms with Gasteiger partial charge < -0.3 is 9.64 Å². The Balaban J connectivity index is 1.82. The fourth-order valence-corrected chi connectivity index (χ4v) is 2.95. The summed E-state index contributed by atoms with van der Waals surface area (Å²) in [6.07, 6.45) is 2.33. The van der Waals surface area contributed by atoms with Crippen LogP contribution in [0.15, 0.2) is 24.3 Å². The first kappa shape index (κ1) is 19.2. The van der Waals surface area contributed by atoms with E-state index in [0.29, 0.717) is 31.7 Å². The average Bonchev–Trinajstić information content (AvgIpc) is 2.65. The molecule has 1 heterocycles. The van der Waals surface area contributed by atoms with E-state index in [9.17, 15) is 9.59 Å². The number of carbonyl (C=O) groups is 2. The van der Waals surface area contributed by atoms with Gasteiger partial charge in [0.1, 0.15) is 5.75 Å². The van der Waals surface area contributed by atoms with Gasteiger partial charge in [-0.15, -0.1) is 0 Å². The highest BCUT2D eigenvalue weighted by Gasteiger charge is 2.27. The van der Waals surface area contributed by atoms with Crippen molar-refractivity contribution >= 4 is 11.8 Å².